The molecule has 0 aliphatic carbocycles. The van der Waals surface area contributed by atoms with Gasteiger partial charge < -0.3 is 10.1 Å². The van der Waals surface area contributed by atoms with E-state index in [1.54, 1.807) is 19.4 Å². The third-order valence-corrected chi connectivity index (χ3v) is 4.97. The number of piperidine rings is 1. The average molecular weight is 370 g/mol. The van der Waals surface area contributed by atoms with Crippen LogP contribution in [0.1, 0.15) is 24.5 Å². The molecular formula is C19H20ClN5O. The van der Waals surface area contributed by atoms with Crippen LogP contribution in [0.2, 0.25) is 5.02 Å². The second kappa shape index (κ2) is 7.43. The number of aromatic amines is 1. The minimum Gasteiger partial charge on any atom is -0.481 e. The lowest BCUT2D eigenvalue weighted by atomic mass is 9.90. The highest BCUT2D eigenvalue weighted by Gasteiger charge is 2.26. The Morgan fingerprint density at radius 3 is 2.62 bits per heavy atom. The van der Waals surface area contributed by atoms with Gasteiger partial charge in [-0.2, -0.15) is 10.1 Å². The first kappa shape index (κ1) is 17.0. The third kappa shape index (κ3) is 3.30. The number of hydrogen-bond donors (Lipinski definition) is 2. The standard InChI is InChI=1S/C19H20ClN5O/c1-26-15-8-11-22-19(23-15)16-17(12-2-4-14(20)5-3-12)24-25-18(16)13-6-9-21-10-7-13/h2-5,8,11,13,21H,6-7,9-10H2,1H3,(H,24,25). The van der Waals surface area contributed by atoms with E-state index in [9.17, 15) is 0 Å². The molecule has 0 unspecified atom stereocenters. The van der Waals surface area contributed by atoms with Crippen molar-refractivity contribution in [1.82, 2.24) is 25.5 Å². The number of halogens is 1. The normalized spacial score (nSPS) is 15.2. The van der Waals surface area contributed by atoms with Crippen LogP contribution in [0.4, 0.5) is 0 Å². The van der Waals surface area contributed by atoms with Crippen molar-refractivity contribution in [3.05, 3.63) is 47.2 Å². The Hall–Kier alpha value is -2.44. The lowest BCUT2D eigenvalue weighted by Crippen LogP contribution is -2.27. The lowest BCUT2D eigenvalue weighted by molar-refractivity contribution is 0.397. The van der Waals surface area contributed by atoms with Crippen LogP contribution in [0.15, 0.2) is 36.5 Å². The van der Waals surface area contributed by atoms with Gasteiger partial charge in [0.05, 0.1) is 18.4 Å². The van der Waals surface area contributed by atoms with E-state index < -0.39 is 0 Å². The maximum Gasteiger partial charge on any atom is 0.216 e. The van der Waals surface area contributed by atoms with Gasteiger partial charge in [-0.1, -0.05) is 23.7 Å². The monoisotopic (exact) mass is 369 g/mol. The van der Waals surface area contributed by atoms with Crippen molar-refractivity contribution < 1.29 is 4.74 Å². The molecule has 134 valence electrons. The van der Waals surface area contributed by atoms with Crippen LogP contribution in [-0.2, 0) is 0 Å². The van der Waals surface area contributed by atoms with Crippen molar-refractivity contribution in [2.45, 2.75) is 18.8 Å². The molecule has 3 heterocycles. The van der Waals surface area contributed by atoms with E-state index >= 15 is 0 Å². The summed E-state index contributed by atoms with van der Waals surface area (Å²) in [4.78, 5) is 9.05. The molecule has 1 aliphatic rings. The predicted octanol–water partition coefficient (Wildman–Crippen LogP) is 3.66. The van der Waals surface area contributed by atoms with E-state index in [4.69, 9.17) is 16.3 Å². The van der Waals surface area contributed by atoms with Gasteiger partial charge in [0, 0.05) is 28.8 Å². The van der Waals surface area contributed by atoms with Gasteiger partial charge in [-0.3, -0.25) is 5.10 Å². The van der Waals surface area contributed by atoms with Crippen molar-refractivity contribution in [1.29, 1.82) is 0 Å². The summed E-state index contributed by atoms with van der Waals surface area (Å²) in [6.07, 6.45) is 3.82. The molecule has 4 rings (SSSR count). The Bertz CT molecular complexity index is 887. The van der Waals surface area contributed by atoms with Crippen LogP contribution in [0, 0.1) is 0 Å². The first-order valence-electron chi connectivity index (χ1n) is 8.68. The second-order valence-electron chi connectivity index (χ2n) is 6.31. The minimum atomic E-state index is 0.398. The number of H-pyrrole nitrogens is 1. The van der Waals surface area contributed by atoms with Crippen LogP contribution < -0.4 is 10.1 Å². The Balaban J connectivity index is 1.86. The highest BCUT2D eigenvalue weighted by Crippen LogP contribution is 2.38. The Morgan fingerprint density at radius 2 is 1.88 bits per heavy atom. The van der Waals surface area contributed by atoms with Gasteiger partial charge in [0.2, 0.25) is 5.88 Å². The van der Waals surface area contributed by atoms with Crippen LogP contribution >= 0.6 is 11.6 Å². The Kier molecular flexibility index (Phi) is 4.86. The summed E-state index contributed by atoms with van der Waals surface area (Å²) >= 11 is 6.05. The van der Waals surface area contributed by atoms with Gasteiger partial charge >= 0.3 is 0 Å². The van der Waals surface area contributed by atoms with E-state index in [1.165, 1.54) is 0 Å². The van der Waals surface area contributed by atoms with Crippen molar-refractivity contribution >= 4 is 11.6 Å². The van der Waals surface area contributed by atoms with Crippen LogP contribution in [0.25, 0.3) is 22.6 Å². The molecular weight excluding hydrogens is 350 g/mol. The predicted molar refractivity (Wildman–Crippen MR) is 101 cm³/mol. The van der Waals surface area contributed by atoms with Crippen LogP contribution in [0.5, 0.6) is 5.88 Å². The largest absolute Gasteiger partial charge is 0.481 e. The molecule has 0 amide bonds. The fraction of sp³-hybridized carbons (Fsp3) is 0.316. The number of rotatable bonds is 4. The molecule has 1 aliphatic heterocycles. The molecule has 1 fully saturated rings. The summed E-state index contributed by atoms with van der Waals surface area (Å²) < 4.78 is 5.29. The maximum absolute atomic E-state index is 6.05. The minimum absolute atomic E-state index is 0.398. The van der Waals surface area contributed by atoms with Crippen molar-refractivity contribution in [2.24, 2.45) is 0 Å². The molecule has 0 radical (unpaired) electrons. The number of nitrogens with zero attached hydrogens (tertiary/aromatic N) is 3. The Morgan fingerprint density at radius 1 is 1.12 bits per heavy atom. The molecule has 0 atom stereocenters. The van der Waals surface area contributed by atoms with Crippen molar-refractivity contribution in [3.63, 3.8) is 0 Å². The zero-order valence-electron chi connectivity index (χ0n) is 14.5. The molecule has 0 spiro atoms. The average Bonchev–Trinajstić information content (AvgIpc) is 3.14. The SMILES string of the molecule is COc1ccnc(-c2c(-c3ccc(Cl)cc3)n[nH]c2C2CCNCC2)n1. The molecule has 1 saturated heterocycles. The second-order valence-corrected chi connectivity index (χ2v) is 6.75. The Labute approximate surface area is 157 Å². The van der Waals surface area contributed by atoms with E-state index in [1.807, 2.05) is 24.3 Å². The molecule has 2 N–H and O–H groups in total. The number of aromatic nitrogens is 4. The first-order chi connectivity index (χ1) is 12.8. The summed E-state index contributed by atoms with van der Waals surface area (Å²) in [6.45, 7) is 2.00. The fourth-order valence-electron chi connectivity index (χ4n) is 3.38. The van der Waals surface area contributed by atoms with E-state index in [0.29, 0.717) is 22.6 Å². The zero-order valence-corrected chi connectivity index (χ0v) is 15.3. The highest BCUT2D eigenvalue weighted by molar-refractivity contribution is 6.30. The summed E-state index contributed by atoms with van der Waals surface area (Å²) in [7, 11) is 1.61. The van der Waals surface area contributed by atoms with E-state index in [-0.39, 0.29) is 0 Å². The number of ether oxygens (including phenoxy) is 1. The van der Waals surface area contributed by atoms with Gasteiger partial charge in [-0.15, -0.1) is 0 Å². The van der Waals surface area contributed by atoms with E-state index in [0.717, 1.165) is 48.4 Å². The van der Waals surface area contributed by atoms with E-state index in [2.05, 4.69) is 25.5 Å². The summed E-state index contributed by atoms with van der Waals surface area (Å²) in [6, 6.07) is 9.41. The topological polar surface area (TPSA) is 75.7 Å². The first-order valence-corrected chi connectivity index (χ1v) is 9.06. The molecule has 7 heteroatoms. The maximum atomic E-state index is 6.05. The molecule has 1 aromatic carbocycles. The van der Waals surface area contributed by atoms with Crippen molar-refractivity contribution in [2.75, 3.05) is 20.2 Å². The molecule has 0 bridgehead atoms. The number of nitrogens with one attached hydrogen (secondary N) is 2. The summed E-state index contributed by atoms with van der Waals surface area (Å²) in [5, 5.41) is 12.0. The van der Waals surface area contributed by atoms with Gasteiger partial charge in [-0.25, -0.2) is 4.98 Å². The van der Waals surface area contributed by atoms with Gasteiger partial charge in [0.1, 0.15) is 5.69 Å². The number of methoxy groups -OCH3 is 1. The molecule has 6 nitrogen and oxygen atoms in total. The fourth-order valence-corrected chi connectivity index (χ4v) is 3.51. The number of benzene rings is 1. The van der Waals surface area contributed by atoms with Crippen LogP contribution in [-0.4, -0.2) is 40.4 Å². The van der Waals surface area contributed by atoms with Gasteiger partial charge in [0.25, 0.3) is 0 Å². The van der Waals surface area contributed by atoms with Crippen molar-refractivity contribution in [3.8, 4) is 28.5 Å². The van der Waals surface area contributed by atoms with Gasteiger partial charge in [-0.05, 0) is 38.1 Å². The van der Waals surface area contributed by atoms with Crippen LogP contribution in [0.3, 0.4) is 0 Å². The molecule has 0 saturated carbocycles. The smallest absolute Gasteiger partial charge is 0.216 e. The summed E-state index contributed by atoms with van der Waals surface area (Å²) in [5.74, 6) is 1.56. The lowest BCUT2D eigenvalue weighted by Gasteiger charge is -2.22. The molecule has 2 aromatic heterocycles. The molecule has 26 heavy (non-hydrogen) atoms. The quantitative estimate of drug-likeness (QED) is 0.734. The molecule has 3 aromatic rings. The zero-order chi connectivity index (χ0) is 17.9. The highest BCUT2D eigenvalue weighted by atomic mass is 35.5. The number of hydrogen-bond acceptors (Lipinski definition) is 5. The van der Waals surface area contributed by atoms with Gasteiger partial charge in [0.15, 0.2) is 5.82 Å². The third-order valence-electron chi connectivity index (χ3n) is 4.72. The summed E-state index contributed by atoms with van der Waals surface area (Å²) in [5.41, 5.74) is 3.85.